The molecule has 0 bridgehead atoms. The Balaban J connectivity index is 1.54. The quantitative estimate of drug-likeness (QED) is 0.791. The van der Waals surface area contributed by atoms with Gasteiger partial charge in [-0.05, 0) is 17.5 Å². The highest BCUT2D eigenvalue weighted by Gasteiger charge is 2.19. The molecule has 23 heavy (non-hydrogen) atoms. The van der Waals surface area contributed by atoms with Crippen LogP contribution in [0.5, 0.6) is 0 Å². The summed E-state index contributed by atoms with van der Waals surface area (Å²) < 4.78 is 0. The normalized spacial score (nSPS) is 15.6. The summed E-state index contributed by atoms with van der Waals surface area (Å²) in [5.41, 5.74) is 3.93. The van der Waals surface area contributed by atoms with Crippen molar-refractivity contribution >= 4 is 17.2 Å². The molecule has 0 N–H and O–H groups in total. The van der Waals surface area contributed by atoms with Gasteiger partial charge >= 0.3 is 0 Å². The number of benzene rings is 2. The van der Waals surface area contributed by atoms with Crippen LogP contribution in [0.3, 0.4) is 0 Å². The first-order valence-corrected chi connectivity index (χ1v) is 8.81. The van der Waals surface area contributed by atoms with Crippen molar-refractivity contribution in [2.24, 2.45) is 0 Å². The van der Waals surface area contributed by atoms with Gasteiger partial charge in [0.05, 0.1) is 0 Å². The van der Waals surface area contributed by atoms with Crippen LogP contribution in [-0.2, 0) is 13.0 Å². The summed E-state index contributed by atoms with van der Waals surface area (Å²) >= 11 is 5.70. The van der Waals surface area contributed by atoms with E-state index in [0.717, 1.165) is 44.1 Å². The van der Waals surface area contributed by atoms with Crippen molar-refractivity contribution in [1.82, 2.24) is 9.80 Å². The van der Waals surface area contributed by atoms with E-state index in [0.29, 0.717) is 0 Å². The van der Waals surface area contributed by atoms with Gasteiger partial charge in [-0.15, -0.1) is 0 Å². The molecule has 1 aliphatic rings. The van der Waals surface area contributed by atoms with E-state index in [9.17, 15) is 0 Å². The smallest absolute Gasteiger partial charge is 0.109 e. The molecule has 3 heteroatoms. The summed E-state index contributed by atoms with van der Waals surface area (Å²) in [4.78, 5) is 5.85. The molecule has 2 aromatic carbocycles. The zero-order valence-corrected chi connectivity index (χ0v) is 14.6. The second-order valence-electron chi connectivity index (χ2n) is 6.10. The van der Waals surface area contributed by atoms with Crippen molar-refractivity contribution in [3.8, 4) is 0 Å². The SMILES string of the molecule is CCc1ccc(C(=S)N2CCN(Cc3ccccc3)CC2)cc1. The second-order valence-corrected chi connectivity index (χ2v) is 6.49. The maximum Gasteiger partial charge on any atom is 0.109 e. The topological polar surface area (TPSA) is 6.48 Å². The molecule has 0 aromatic heterocycles. The zero-order chi connectivity index (χ0) is 16.1. The van der Waals surface area contributed by atoms with Gasteiger partial charge in [-0.2, -0.15) is 0 Å². The minimum absolute atomic E-state index is 0.993. The van der Waals surface area contributed by atoms with Crippen molar-refractivity contribution < 1.29 is 0 Å². The van der Waals surface area contributed by atoms with Crippen molar-refractivity contribution in [1.29, 1.82) is 0 Å². The fraction of sp³-hybridized carbons (Fsp3) is 0.350. The minimum atomic E-state index is 0.993. The first-order chi connectivity index (χ1) is 11.3. The Morgan fingerprint density at radius 1 is 0.870 bits per heavy atom. The molecule has 0 atom stereocenters. The summed E-state index contributed by atoms with van der Waals surface area (Å²) in [7, 11) is 0. The van der Waals surface area contributed by atoms with E-state index in [4.69, 9.17) is 12.2 Å². The molecule has 2 nitrogen and oxygen atoms in total. The van der Waals surface area contributed by atoms with Crippen LogP contribution in [-0.4, -0.2) is 41.0 Å². The van der Waals surface area contributed by atoms with Gasteiger partial charge in [0.25, 0.3) is 0 Å². The molecule has 2 aromatic rings. The molecule has 1 aliphatic heterocycles. The van der Waals surface area contributed by atoms with E-state index < -0.39 is 0 Å². The highest BCUT2D eigenvalue weighted by molar-refractivity contribution is 7.80. The standard InChI is InChI=1S/C20H24N2S/c1-2-17-8-10-19(11-9-17)20(23)22-14-12-21(13-15-22)16-18-6-4-3-5-7-18/h3-11H,2,12-16H2,1H3. The lowest BCUT2D eigenvalue weighted by Crippen LogP contribution is -2.48. The molecule has 3 rings (SSSR count). The molecule has 1 fully saturated rings. The lowest BCUT2D eigenvalue weighted by atomic mass is 10.1. The maximum atomic E-state index is 5.70. The van der Waals surface area contributed by atoms with Crippen LogP contribution in [0.4, 0.5) is 0 Å². The Labute approximate surface area is 144 Å². The van der Waals surface area contributed by atoms with E-state index in [2.05, 4.69) is 71.3 Å². The predicted octanol–water partition coefficient (Wildman–Crippen LogP) is 3.74. The first-order valence-electron chi connectivity index (χ1n) is 8.41. The third-order valence-electron chi connectivity index (χ3n) is 4.52. The van der Waals surface area contributed by atoms with Gasteiger partial charge in [-0.25, -0.2) is 0 Å². The average Bonchev–Trinajstić information content (AvgIpc) is 2.63. The number of thiocarbonyl (C=S) groups is 1. The molecule has 0 unspecified atom stereocenters. The van der Waals surface area contributed by atoms with Crippen molar-refractivity contribution in [2.45, 2.75) is 19.9 Å². The van der Waals surface area contributed by atoms with Gasteiger partial charge in [-0.1, -0.05) is 73.7 Å². The number of aryl methyl sites for hydroxylation is 1. The van der Waals surface area contributed by atoms with E-state index >= 15 is 0 Å². The van der Waals surface area contributed by atoms with Crippen molar-refractivity contribution in [3.63, 3.8) is 0 Å². The molecule has 1 saturated heterocycles. The Kier molecular flexibility index (Phi) is 5.42. The predicted molar refractivity (Wildman–Crippen MR) is 101 cm³/mol. The van der Waals surface area contributed by atoms with Gasteiger partial charge in [0, 0.05) is 38.3 Å². The summed E-state index contributed by atoms with van der Waals surface area (Å²) in [6, 6.07) is 19.4. The number of nitrogens with zero attached hydrogens (tertiary/aromatic N) is 2. The van der Waals surface area contributed by atoms with Gasteiger partial charge < -0.3 is 4.90 Å². The third kappa shape index (κ3) is 4.18. The average molecular weight is 324 g/mol. The molecular weight excluding hydrogens is 300 g/mol. The highest BCUT2D eigenvalue weighted by atomic mass is 32.1. The highest BCUT2D eigenvalue weighted by Crippen LogP contribution is 2.13. The second kappa shape index (κ2) is 7.71. The Bertz CT molecular complexity index is 628. The van der Waals surface area contributed by atoms with Gasteiger partial charge in [0.15, 0.2) is 0 Å². The molecule has 0 aliphatic carbocycles. The van der Waals surface area contributed by atoms with E-state index in [1.807, 2.05) is 0 Å². The number of piperazine rings is 1. The fourth-order valence-corrected chi connectivity index (χ4v) is 3.33. The first kappa shape index (κ1) is 16.2. The van der Waals surface area contributed by atoms with Gasteiger partial charge in [0.2, 0.25) is 0 Å². The Morgan fingerprint density at radius 2 is 1.52 bits per heavy atom. The Morgan fingerprint density at radius 3 is 2.13 bits per heavy atom. The molecule has 0 saturated carbocycles. The zero-order valence-electron chi connectivity index (χ0n) is 13.7. The third-order valence-corrected chi connectivity index (χ3v) is 5.01. The molecule has 120 valence electrons. The van der Waals surface area contributed by atoms with Crippen LogP contribution in [0.2, 0.25) is 0 Å². The minimum Gasteiger partial charge on any atom is -0.360 e. The van der Waals surface area contributed by atoms with E-state index in [-0.39, 0.29) is 0 Å². The largest absolute Gasteiger partial charge is 0.360 e. The summed E-state index contributed by atoms with van der Waals surface area (Å²) in [5, 5.41) is 0. The van der Waals surface area contributed by atoms with E-state index in [1.165, 1.54) is 16.7 Å². The van der Waals surface area contributed by atoms with Gasteiger partial charge in [0.1, 0.15) is 4.99 Å². The molecule has 0 spiro atoms. The summed E-state index contributed by atoms with van der Waals surface area (Å²) in [5.74, 6) is 0. The van der Waals surface area contributed by atoms with Crippen molar-refractivity contribution in [2.75, 3.05) is 26.2 Å². The number of rotatable bonds is 4. The van der Waals surface area contributed by atoms with Crippen LogP contribution in [0.1, 0.15) is 23.6 Å². The van der Waals surface area contributed by atoms with Crippen LogP contribution in [0, 0.1) is 0 Å². The monoisotopic (exact) mass is 324 g/mol. The number of hydrogen-bond donors (Lipinski definition) is 0. The summed E-state index contributed by atoms with van der Waals surface area (Å²) in [6.45, 7) is 7.39. The molecule has 0 amide bonds. The van der Waals surface area contributed by atoms with E-state index in [1.54, 1.807) is 0 Å². The molecular formula is C20H24N2S. The maximum absolute atomic E-state index is 5.70. The lowest BCUT2D eigenvalue weighted by molar-refractivity contribution is 0.177. The summed E-state index contributed by atoms with van der Waals surface area (Å²) in [6.07, 6.45) is 1.07. The van der Waals surface area contributed by atoms with Crippen molar-refractivity contribution in [3.05, 3.63) is 71.3 Å². The van der Waals surface area contributed by atoms with Crippen LogP contribution in [0.25, 0.3) is 0 Å². The number of hydrogen-bond acceptors (Lipinski definition) is 2. The Hall–Kier alpha value is -1.71. The van der Waals surface area contributed by atoms with Crippen LogP contribution >= 0.6 is 12.2 Å². The van der Waals surface area contributed by atoms with Crippen LogP contribution < -0.4 is 0 Å². The molecule has 1 heterocycles. The van der Waals surface area contributed by atoms with Gasteiger partial charge in [-0.3, -0.25) is 4.90 Å². The van der Waals surface area contributed by atoms with Crippen LogP contribution in [0.15, 0.2) is 54.6 Å². The molecule has 0 radical (unpaired) electrons. The lowest BCUT2D eigenvalue weighted by Gasteiger charge is -2.36. The fourth-order valence-electron chi connectivity index (χ4n) is 3.02.